The van der Waals surface area contributed by atoms with Crippen molar-refractivity contribution in [2.75, 3.05) is 26.3 Å². The third-order valence-corrected chi connectivity index (χ3v) is 3.97. The second-order valence-corrected chi connectivity index (χ2v) is 6.93. The normalized spacial score (nSPS) is 20.8. The largest absolute Gasteiger partial charge is 0.492 e. The Morgan fingerprint density at radius 1 is 1.42 bits per heavy atom. The molecule has 1 aliphatic rings. The van der Waals surface area contributed by atoms with Gasteiger partial charge in [0, 0.05) is 6.54 Å². The van der Waals surface area contributed by atoms with Crippen LogP contribution in [0.2, 0.25) is 0 Å². The van der Waals surface area contributed by atoms with Crippen LogP contribution in [0.3, 0.4) is 0 Å². The Hall–Kier alpha value is -1.30. The van der Waals surface area contributed by atoms with E-state index >= 15 is 0 Å². The number of ether oxygens (including phenoxy) is 2. The van der Waals surface area contributed by atoms with E-state index in [0.29, 0.717) is 26.3 Å². The van der Waals surface area contributed by atoms with Gasteiger partial charge in [-0.1, -0.05) is 32.9 Å². The minimum Gasteiger partial charge on any atom is -0.492 e. The molecule has 136 valence electrons. The average Bonchev–Trinajstić information content (AvgIpc) is 2.51. The Labute approximate surface area is 150 Å². The zero-order chi connectivity index (χ0) is 16.9. The van der Waals surface area contributed by atoms with Crippen molar-refractivity contribution < 1.29 is 14.3 Å². The van der Waals surface area contributed by atoms with Crippen LogP contribution in [-0.4, -0.2) is 44.4 Å². The first-order chi connectivity index (χ1) is 10.9. The van der Waals surface area contributed by atoms with Gasteiger partial charge in [-0.2, -0.15) is 0 Å². The molecule has 1 amide bonds. The number of hydrogen-bond donors (Lipinski definition) is 2. The van der Waals surface area contributed by atoms with Crippen LogP contribution in [0, 0.1) is 0 Å². The molecular formula is C18H29ClN2O3. The van der Waals surface area contributed by atoms with E-state index in [0.717, 1.165) is 5.75 Å². The minimum absolute atomic E-state index is 0. The van der Waals surface area contributed by atoms with Crippen LogP contribution >= 0.6 is 12.4 Å². The predicted molar refractivity (Wildman–Crippen MR) is 98.1 cm³/mol. The van der Waals surface area contributed by atoms with Crippen molar-refractivity contribution in [2.45, 2.75) is 45.3 Å². The number of morpholine rings is 1. The molecule has 2 N–H and O–H groups in total. The van der Waals surface area contributed by atoms with Crippen molar-refractivity contribution in [1.82, 2.24) is 10.6 Å². The summed E-state index contributed by atoms with van der Waals surface area (Å²) in [6, 6.07) is 7.81. The van der Waals surface area contributed by atoms with Crippen molar-refractivity contribution in [1.29, 1.82) is 0 Å². The van der Waals surface area contributed by atoms with Crippen LogP contribution in [0.4, 0.5) is 0 Å². The van der Waals surface area contributed by atoms with Crippen LogP contribution in [0.25, 0.3) is 0 Å². The summed E-state index contributed by atoms with van der Waals surface area (Å²) in [5.74, 6) is 0.795. The number of amides is 1. The van der Waals surface area contributed by atoms with Crippen molar-refractivity contribution in [3.63, 3.8) is 0 Å². The van der Waals surface area contributed by atoms with Gasteiger partial charge >= 0.3 is 0 Å². The molecule has 0 bridgehead atoms. The molecule has 2 rings (SSSR count). The van der Waals surface area contributed by atoms with Gasteiger partial charge in [-0.3, -0.25) is 4.79 Å². The summed E-state index contributed by atoms with van der Waals surface area (Å²) in [4.78, 5) is 12.1. The van der Waals surface area contributed by atoms with Crippen LogP contribution in [0.5, 0.6) is 5.75 Å². The van der Waals surface area contributed by atoms with E-state index in [9.17, 15) is 4.79 Å². The van der Waals surface area contributed by atoms with Gasteiger partial charge in [-0.15, -0.1) is 12.4 Å². The maximum absolute atomic E-state index is 12.1. The number of carbonyl (C=O) groups excluding carboxylic acids is 1. The molecule has 2 atom stereocenters. The third-order valence-electron chi connectivity index (χ3n) is 3.97. The second-order valence-electron chi connectivity index (χ2n) is 6.93. The van der Waals surface area contributed by atoms with Crippen LogP contribution in [0.15, 0.2) is 24.3 Å². The second kappa shape index (κ2) is 9.25. The number of hydrogen-bond acceptors (Lipinski definition) is 4. The number of carbonyl (C=O) groups is 1. The molecule has 1 aromatic carbocycles. The van der Waals surface area contributed by atoms with E-state index in [2.05, 4.69) is 43.5 Å². The van der Waals surface area contributed by atoms with Crippen molar-refractivity contribution >= 4 is 18.3 Å². The molecule has 1 aromatic rings. The summed E-state index contributed by atoms with van der Waals surface area (Å²) in [6.45, 7) is 10.7. The fourth-order valence-corrected chi connectivity index (χ4v) is 2.53. The van der Waals surface area contributed by atoms with Crippen molar-refractivity contribution in [2.24, 2.45) is 0 Å². The lowest BCUT2D eigenvalue weighted by molar-refractivity contribution is -0.129. The first-order valence-electron chi connectivity index (χ1n) is 8.24. The zero-order valence-electron chi connectivity index (χ0n) is 14.9. The molecule has 0 aliphatic carbocycles. The van der Waals surface area contributed by atoms with E-state index in [4.69, 9.17) is 9.47 Å². The Morgan fingerprint density at radius 3 is 2.83 bits per heavy atom. The van der Waals surface area contributed by atoms with E-state index in [1.807, 2.05) is 19.1 Å². The number of nitrogens with one attached hydrogen (secondary N) is 2. The summed E-state index contributed by atoms with van der Waals surface area (Å²) >= 11 is 0. The van der Waals surface area contributed by atoms with Gasteiger partial charge < -0.3 is 20.1 Å². The lowest BCUT2D eigenvalue weighted by Gasteiger charge is -2.29. The van der Waals surface area contributed by atoms with E-state index < -0.39 is 0 Å². The number of rotatable bonds is 5. The molecule has 0 unspecified atom stereocenters. The van der Waals surface area contributed by atoms with E-state index in [1.165, 1.54) is 5.56 Å². The highest BCUT2D eigenvalue weighted by Crippen LogP contribution is 2.25. The van der Waals surface area contributed by atoms with Gasteiger partial charge in [0.05, 0.1) is 19.3 Å². The number of halogens is 1. The Morgan fingerprint density at radius 2 is 2.17 bits per heavy atom. The van der Waals surface area contributed by atoms with Crippen LogP contribution < -0.4 is 15.4 Å². The lowest BCUT2D eigenvalue weighted by Crippen LogP contribution is -2.55. The molecule has 5 nitrogen and oxygen atoms in total. The fourth-order valence-electron chi connectivity index (χ4n) is 2.53. The van der Waals surface area contributed by atoms with E-state index in [1.54, 1.807) is 0 Å². The minimum atomic E-state index is -0.284. The van der Waals surface area contributed by atoms with Crippen LogP contribution in [0.1, 0.15) is 33.3 Å². The molecule has 6 heteroatoms. The Kier molecular flexibility index (Phi) is 8.00. The lowest BCUT2D eigenvalue weighted by atomic mass is 9.87. The van der Waals surface area contributed by atoms with Gasteiger partial charge in [-0.05, 0) is 30.0 Å². The molecular weight excluding hydrogens is 328 g/mol. The van der Waals surface area contributed by atoms with Crippen molar-refractivity contribution in [3.05, 3.63) is 29.8 Å². The first kappa shape index (κ1) is 20.7. The van der Waals surface area contributed by atoms with Gasteiger partial charge in [-0.25, -0.2) is 0 Å². The monoisotopic (exact) mass is 356 g/mol. The molecule has 1 fully saturated rings. The fraction of sp³-hybridized carbons (Fsp3) is 0.611. The SMILES string of the molecule is C[C@H]1OCCN[C@@H]1C(=O)NCCOc1cccc(C(C)(C)C)c1.Cl. The molecule has 24 heavy (non-hydrogen) atoms. The summed E-state index contributed by atoms with van der Waals surface area (Å²) in [5.41, 5.74) is 1.33. The first-order valence-corrected chi connectivity index (χ1v) is 8.24. The summed E-state index contributed by atoms with van der Waals surface area (Å²) in [5, 5.41) is 6.06. The molecule has 1 heterocycles. The van der Waals surface area contributed by atoms with Crippen LogP contribution in [-0.2, 0) is 14.9 Å². The summed E-state index contributed by atoms with van der Waals surface area (Å²) in [7, 11) is 0. The smallest absolute Gasteiger partial charge is 0.239 e. The molecule has 0 saturated carbocycles. The number of benzene rings is 1. The van der Waals surface area contributed by atoms with Gasteiger partial charge in [0.1, 0.15) is 18.4 Å². The Balaban J connectivity index is 0.00000288. The highest BCUT2D eigenvalue weighted by Gasteiger charge is 2.27. The van der Waals surface area contributed by atoms with Gasteiger partial charge in [0.25, 0.3) is 0 Å². The van der Waals surface area contributed by atoms with Gasteiger partial charge in [0.2, 0.25) is 5.91 Å². The molecule has 1 saturated heterocycles. The predicted octanol–water partition coefficient (Wildman–Crippen LogP) is 2.28. The Bertz CT molecular complexity index is 531. The highest BCUT2D eigenvalue weighted by atomic mass is 35.5. The van der Waals surface area contributed by atoms with Gasteiger partial charge in [0.15, 0.2) is 0 Å². The maximum Gasteiger partial charge on any atom is 0.239 e. The average molecular weight is 357 g/mol. The third kappa shape index (κ3) is 5.96. The highest BCUT2D eigenvalue weighted by molar-refractivity contribution is 5.85. The molecule has 0 spiro atoms. The summed E-state index contributed by atoms with van der Waals surface area (Å²) in [6.07, 6.45) is -0.104. The van der Waals surface area contributed by atoms with Crippen molar-refractivity contribution in [3.8, 4) is 5.75 Å². The zero-order valence-corrected chi connectivity index (χ0v) is 15.7. The quantitative estimate of drug-likeness (QED) is 0.795. The summed E-state index contributed by atoms with van der Waals surface area (Å²) < 4.78 is 11.2. The van der Waals surface area contributed by atoms with E-state index in [-0.39, 0.29) is 35.9 Å². The topological polar surface area (TPSA) is 59.6 Å². The molecule has 0 aromatic heterocycles. The standard InChI is InChI=1S/C18H28N2O3.ClH/c1-13-16(19-8-10-22-13)17(21)20-9-11-23-15-7-5-6-14(12-15)18(2,3)4;/h5-7,12-13,16,19H,8-11H2,1-4H3,(H,20,21);1H/t13-,16+;/m1./s1. The molecule has 1 aliphatic heterocycles. The molecule has 0 radical (unpaired) electrons. The maximum atomic E-state index is 12.1.